The van der Waals surface area contributed by atoms with E-state index in [-0.39, 0.29) is 18.0 Å². The second kappa shape index (κ2) is 7.47. The van der Waals surface area contributed by atoms with E-state index < -0.39 is 5.95 Å². The van der Waals surface area contributed by atoms with Gasteiger partial charge < -0.3 is 4.90 Å². The second-order valence-electron chi connectivity index (χ2n) is 7.75. The first-order valence-corrected chi connectivity index (χ1v) is 10.8. The Morgan fingerprint density at radius 3 is 3.00 bits per heavy atom. The summed E-state index contributed by atoms with van der Waals surface area (Å²) in [6.45, 7) is 2.67. The standard InChI is InChI=1S/C23H20BrFN4O/c1-14-20-11-16(19-3-2-9-26-22(19)25)5-4-15(20)8-10-28(14)23(30)21-12-18-7-6-17(24)13-29(18)27-21/h2-7,9,11,13-14,18H,8,10,12H2,1H3. The molecule has 3 aliphatic rings. The molecule has 7 heteroatoms. The van der Waals surface area contributed by atoms with Crippen LogP contribution in [0.25, 0.3) is 11.1 Å². The summed E-state index contributed by atoms with van der Waals surface area (Å²) < 4.78 is 15.1. The number of carbonyl (C=O) groups excluding carboxylic acids is 1. The van der Waals surface area contributed by atoms with Crippen LogP contribution < -0.4 is 0 Å². The number of pyridine rings is 1. The zero-order chi connectivity index (χ0) is 20.8. The average molecular weight is 467 g/mol. The van der Waals surface area contributed by atoms with Gasteiger partial charge in [-0.2, -0.15) is 9.49 Å². The number of hydrogen-bond donors (Lipinski definition) is 0. The molecule has 0 aliphatic carbocycles. The minimum atomic E-state index is -0.488. The topological polar surface area (TPSA) is 48.8 Å². The van der Waals surface area contributed by atoms with E-state index in [0.717, 1.165) is 22.0 Å². The molecule has 0 bridgehead atoms. The highest BCUT2D eigenvalue weighted by atomic mass is 79.9. The van der Waals surface area contributed by atoms with Gasteiger partial charge in [-0.25, -0.2) is 4.98 Å². The maximum atomic E-state index is 14.2. The molecule has 4 heterocycles. The number of hydrogen-bond acceptors (Lipinski definition) is 4. The van der Waals surface area contributed by atoms with Crippen molar-refractivity contribution in [3.05, 3.63) is 76.4 Å². The molecule has 0 spiro atoms. The van der Waals surface area contributed by atoms with Gasteiger partial charge in [-0.1, -0.05) is 18.2 Å². The van der Waals surface area contributed by atoms with Gasteiger partial charge in [0.1, 0.15) is 5.71 Å². The summed E-state index contributed by atoms with van der Waals surface area (Å²) in [6.07, 6.45) is 8.75. The third-order valence-electron chi connectivity index (χ3n) is 5.97. The van der Waals surface area contributed by atoms with E-state index in [2.05, 4.69) is 32.1 Å². The van der Waals surface area contributed by atoms with Crippen LogP contribution in [0.5, 0.6) is 0 Å². The third kappa shape index (κ3) is 3.27. The number of allylic oxidation sites excluding steroid dienone is 2. The second-order valence-corrected chi connectivity index (χ2v) is 8.67. The molecule has 3 aliphatic heterocycles. The Balaban J connectivity index is 1.42. The maximum Gasteiger partial charge on any atom is 0.270 e. The zero-order valence-corrected chi connectivity index (χ0v) is 18.0. The van der Waals surface area contributed by atoms with Gasteiger partial charge in [-0.3, -0.25) is 9.80 Å². The lowest BCUT2D eigenvalue weighted by Gasteiger charge is -2.35. The number of nitrogens with zero attached hydrogens (tertiary/aromatic N) is 4. The maximum absolute atomic E-state index is 14.2. The summed E-state index contributed by atoms with van der Waals surface area (Å²) in [6, 6.07) is 9.39. The molecule has 0 N–H and O–H groups in total. The fourth-order valence-electron chi connectivity index (χ4n) is 4.36. The van der Waals surface area contributed by atoms with Crippen LogP contribution in [-0.2, 0) is 11.2 Å². The van der Waals surface area contributed by atoms with Gasteiger partial charge in [0, 0.05) is 35.4 Å². The molecule has 152 valence electrons. The molecule has 2 unspecified atom stereocenters. The molecule has 0 fully saturated rings. The molecule has 0 saturated heterocycles. The number of amides is 1. The molecule has 1 aromatic carbocycles. The molecule has 2 atom stereocenters. The molecule has 30 heavy (non-hydrogen) atoms. The highest BCUT2D eigenvalue weighted by Gasteiger charge is 2.35. The number of fused-ring (bicyclic) bond motifs is 2. The van der Waals surface area contributed by atoms with E-state index in [1.165, 1.54) is 11.8 Å². The average Bonchev–Trinajstić information content (AvgIpc) is 3.17. The molecular weight excluding hydrogens is 447 g/mol. The lowest BCUT2D eigenvalue weighted by atomic mass is 9.90. The van der Waals surface area contributed by atoms with Crippen LogP contribution in [-0.4, -0.2) is 39.1 Å². The Morgan fingerprint density at radius 2 is 2.17 bits per heavy atom. The van der Waals surface area contributed by atoms with Crippen molar-refractivity contribution in [2.75, 3.05) is 6.54 Å². The summed E-state index contributed by atoms with van der Waals surface area (Å²) in [5.41, 5.74) is 4.07. The lowest BCUT2D eigenvalue weighted by Crippen LogP contribution is -2.42. The first-order valence-electron chi connectivity index (χ1n) is 9.97. The lowest BCUT2D eigenvalue weighted by molar-refractivity contribution is -0.126. The SMILES string of the molecule is CC1c2cc(-c3cccnc3F)ccc2CCN1C(=O)C1=NN2C=C(Br)C=CC2C1. The van der Waals surface area contributed by atoms with Gasteiger partial charge >= 0.3 is 0 Å². The Morgan fingerprint density at radius 1 is 1.30 bits per heavy atom. The van der Waals surface area contributed by atoms with Crippen LogP contribution >= 0.6 is 15.9 Å². The van der Waals surface area contributed by atoms with Gasteiger partial charge in [-0.15, -0.1) is 0 Å². The quantitative estimate of drug-likeness (QED) is 0.609. The van der Waals surface area contributed by atoms with Crippen molar-refractivity contribution < 1.29 is 9.18 Å². The van der Waals surface area contributed by atoms with Crippen molar-refractivity contribution in [2.24, 2.45) is 5.10 Å². The van der Waals surface area contributed by atoms with Crippen LogP contribution in [0.15, 0.2) is 64.5 Å². The Labute approximate surface area is 182 Å². The normalized spacial score (nSPS) is 22.4. The molecule has 5 rings (SSSR count). The first-order chi connectivity index (χ1) is 14.5. The van der Waals surface area contributed by atoms with Crippen LogP contribution in [0.4, 0.5) is 4.39 Å². The number of carbonyl (C=O) groups is 1. The van der Waals surface area contributed by atoms with Crippen LogP contribution in [0.2, 0.25) is 0 Å². The predicted octanol–water partition coefficient (Wildman–Crippen LogP) is 4.57. The minimum Gasteiger partial charge on any atom is -0.330 e. The van der Waals surface area contributed by atoms with Gasteiger partial charge in [-0.05, 0) is 70.2 Å². The monoisotopic (exact) mass is 466 g/mol. The van der Waals surface area contributed by atoms with Crippen molar-refractivity contribution in [3.8, 4) is 11.1 Å². The molecule has 0 radical (unpaired) electrons. The molecular formula is C23H20BrFN4O. The highest BCUT2D eigenvalue weighted by molar-refractivity contribution is 9.11. The Bertz CT molecular complexity index is 1130. The molecule has 2 aromatic rings. The number of halogens is 2. The van der Waals surface area contributed by atoms with Gasteiger partial charge in [0.25, 0.3) is 5.91 Å². The first kappa shape index (κ1) is 19.2. The number of hydrazone groups is 1. The van der Waals surface area contributed by atoms with Crippen molar-refractivity contribution in [2.45, 2.75) is 31.8 Å². The largest absolute Gasteiger partial charge is 0.330 e. The third-order valence-corrected chi connectivity index (χ3v) is 6.44. The number of rotatable bonds is 2. The Kier molecular flexibility index (Phi) is 4.77. The van der Waals surface area contributed by atoms with E-state index >= 15 is 0 Å². The number of benzene rings is 1. The summed E-state index contributed by atoms with van der Waals surface area (Å²) >= 11 is 3.45. The fourth-order valence-corrected chi connectivity index (χ4v) is 4.72. The van der Waals surface area contributed by atoms with Gasteiger partial charge in [0.15, 0.2) is 0 Å². The van der Waals surface area contributed by atoms with Gasteiger partial charge in [0.2, 0.25) is 5.95 Å². The zero-order valence-electron chi connectivity index (χ0n) is 16.4. The van der Waals surface area contributed by atoms with Crippen LogP contribution in [0.1, 0.15) is 30.5 Å². The summed E-state index contributed by atoms with van der Waals surface area (Å²) in [5, 5.41) is 6.38. The van der Waals surface area contributed by atoms with Crippen molar-refractivity contribution in [1.29, 1.82) is 0 Å². The van der Waals surface area contributed by atoms with Crippen LogP contribution in [0, 0.1) is 5.95 Å². The van der Waals surface area contributed by atoms with E-state index in [4.69, 9.17) is 0 Å². The molecule has 1 aromatic heterocycles. The van der Waals surface area contributed by atoms with Crippen molar-refractivity contribution >= 4 is 27.5 Å². The van der Waals surface area contributed by atoms with E-state index in [9.17, 15) is 9.18 Å². The van der Waals surface area contributed by atoms with E-state index in [0.29, 0.717) is 24.2 Å². The van der Waals surface area contributed by atoms with Gasteiger partial charge in [0.05, 0.1) is 12.1 Å². The fraction of sp³-hybridized carbons (Fsp3) is 0.261. The highest BCUT2D eigenvalue weighted by Crippen LogP contribution is 2.34. The summed E-state index contributed by atoms with van der Waals surface area (Å²) in [7, 11) is 0. The molecule has 5 nitrogen and oxygen atoms in total. The molecule has 1 amide bonds. The summed E-state index contributed by atoms with van der Waals surface area (Å²) in [5.74, 6) is -0.517. The van der Waals surface area contributed by atoms with E-state index in [1.807, 2.05) is 47.3 Å². The van der Waals surface area contributed by atoms with Crippen LogP contribution in [0.3, 0.4) is 0 Å². The molecule has 0 saturated carbocycles. The predicted molar refractivity (Wildman–Crippen MR) is 117 cm³/mol. The smallest absolute Gasteiger partial charge is 0.270 e. The summed E-state index contributed by atoms with van der Waals surface area (Å²) in [4.78, 5) is 18.9. The van der Waals surface area contributed by atoms with Crippen molar-refractivity contribution in [3.63, 3.8) is 0 Å². The van der Waals surface area contributed by atoms with E-state index in [1.54, 1.807) is 12.1 Å². The Hall–Kier alpha value is -2.80. The minimum absolute atomic E-state index is 0.0292. The number of aromatic nitrogens is 1. The van der Waals surface area contributed by atoms with Crippen molar-refractivity contribution in [1.82, 2.24) is 14.9 Å².